The van der Waals surface area contributed by atoms with Crippen LogP contribution < -0.4 is 0 Å². The Kier molecular flexibility index (Phi) is 7.68. The molecule has 0 atom stereocenters. The van der Waals surface area contributed by atoms with Gasteiger partial charge in [0.1, 0.15) is 5.54 Å². The highest BCUT2D eigenvalue weighted by molar-refractivity contribution is 5.89. The molecular formula is C36H35N3O2. The van der Waals surface area contributed by atoms with Crippen molar-refractivity contribution < 1.29 is 9.53 Å². The topological polar surface area (TPSA) is 56.6 Å². The molecule has 0 spiro atoms. The summed E-state index contributed by atoms with van der Waals surface area (Å²) in [4.78, 5) is 17.3. The molecule has 5 heteroatoms. The Morgan fingerprint density at radius 3 is 1.80 bits per heavy atom. The molecule has 0 radical (unpaired) electrons. The Morgan fingerprint density at radius 2 is 1.34 bits per heavy atom. The van der Waals surface area contributed by atoms with Crippen molar-refractivity contribution in [3.05, 3.63) is 154 Å². The lowest BCUT2D eigenvalue weighted by Gasteiger charge is -2.44. The molecule has 0 unspecified atom stereocenters. The Hall–Kier alpha value is -4.82. The molecule has 5 nitrogen and oxygen atoms in total. The summed E-state index contributed by atoms with van der Waals surface area (Å²) in [7, 11) is 1.38. The smallest absolute Gasteiger partial charge is 0.337 e. The van der Waals surface area contributed by atoms with E-state index in [1.807, 2.05) is 26.0 Å². The van der Waals surface area contributed by atoms with Crippen molar-refractivity contribution in [1.29, 1.82) is 5.26 Å². The van der Waals surface area contributed by atoms with Crippen LogP contribution in [0.3, 0.4) is 0 Å². The summed E-state index contributed by atoms with van der Waals surface area (Å²) in [6, 6.07) is 39.9. The lowest BCUT2D eigenvalue weighted by molar-refractivity contribution is 0.0600. The van der Waals surface area contributed by atoms with Crippen molar-refractivity contribution in [3.63, 3.8) is 0 Å². The number of hydrogen-bond acceptors (Lipinski definition) is 5. The molecule has 0 amide bonds. The Labute approximate surface area is 242 Å². The van der Waals surface area contributed by atoms with Gasteiger partial charge in [-0.25, -0.2) is 4.79 Å². The molecule has 1 aliphatic heterocycles. The fraction of sp³-hybridized carbons (Fsp3) is 0.222. The third-order valence-electron chi connectivity index (χ3n) is 7.96. The first-order valence-electron chi connectivity index (χ1n) is 13.8. The second-order valence-electron chi connectivity index (χ2n) is 11.0. The van der Waals surface area contributed by atoms with Crippen LogP contribution in [0.25, 0.3) is 0 Å². The number of nitrogens with zero attached hydrogens (tertiary/aromatic N) is 3. The van der Waals surface area contributed by atoms with E-state index < -0.39 is 16.9 Å². The molecule has 0 N–H and O–H groups in total. The number of nitriles is 1. The fourth-order valence-corrected chi connectivity index (χ4v) is 5.72. The minimum absolute atomic E-state index is 0.409. The number of hydrogen-bond donors (Lipinski definition) is 0. The maximum absolute atomic E-state index is 12.6. The van der Waals surface area contributed by atoms with Crippen LogP contribution in [0.2, 0.25) is 0 Å². The molecule has 41 heavy (non-hydrogen) atoms. The van der Waals surface area contributed by atoms with Gasteiger partial charge in [-0.05, 0) is 60.7 Å². The van der Waals surface area contributed by atoms with Crippen molar-refractivity contribution in [1.82, 2.24) is 9.80 Å². The SMILES string of the molecule is COC(=O)c1cc(CN2CN(C(c3ccccc3)(c3ccccc3)c3ccccc3)C=C2C)cc(C(C)(C)C#N)c1. The van der Waals surface area contributed by atoms with Crippen LogP contribution in [-0.4, -0.2) is 29.5 Å². The largest absolute Gasteiger partial charge is 0.465 e. The van der Waals surface area contributed by atoms with Crippen molar-refractivity contribution in [3.8, 4) is 6.07 Å². The quantitative estimate of drug-likeness (QED) is 0.174. The van der Waals surface area contributed by atoms with E-state index in [9.17, 15) is 10.1 Å². The Bertz CT molecular complexity index is 1490. The van der Waals surface area contributed by atoms with Gasteiger partial charge in [-0.1, -0.05) is 97.1 Å². The van der Waals surface area contributed by atoms with E-state index >= 15 is 0 Å². The maximum Gasteiger partial charge on any atom is 0.337 e. The molecule has 4 aromatic rings. The number of carbonyl (C=O) groups excluding carboxylic acids is 1. The van der Waals surface area contributed by atoms with E-state index in [0.717, 1.165) is 16.8 Å². The lowest BCUT2D eigenvalue weighted by atomic mass is 9.76. The van der Waals surface area contributed by atoms with Crippen LogP contribution >= 0.6 is 0 Å². The zero-order valence-electron chi connectivity index (χ0n) is 24.0. The van der Waals surface area contributed by atoms with E-state index in [0.29, 0.717) is 18.8 Å². The highest BCUT2D eigenvalue weighted by Crippen LogP contribution is 2.45. The summed E-state index contributed by atoms with van der Waals surface area (Å²) in [5.41, 5.74) is 5.52. The first-order valence-corrected chi connectivity index (χ1v) is 13.8. The third-order valence-corrected chi connectivity index (χ3v) is 7.96. The second kappa shape index (κ2) is 11.3. The fourth-order valence-electron chi connectivity index (χ4n) is 5.72. The van der Waals surface area contributed by atoms with E-state index in [1.165, 1.54) is 23.8 Å². The number of methoxy groups -OCH3 is 1. The van der Waals surface area contributed by atoms with Gasteiger partial charge >= 0.3 is 5.97 Å². The molecular weight excluding hydrogens is 506 g/mol. The first-order chi connectivity index (χ1) is 19.8. The molecule has 1 aliphatic rings. The summed E-state index contributed by atoms with van der Waals surface area (Å²) in [5, 5.41) is 9.81. The molecule has 0 bridgehead atoms. The van der Waals surface area contributed by atoms with Gasteiger partial charge in [-0.2, -0.15) is 5.26 Å². The predicted molar refractivity (Wildman–Crippen MR) is 162 cm³/mol. The summed E-state index contributed by atoms with van der Waals surface area (Å²) < 4.78 is 5.04. The molecule has 0 saturated heterocycles. The van der Waals surface area contributed by atoms with Crippen LogP contribution in [0.15, 0.2) is 121 Å². The number of rotatable bonds is 8. The molecule has 0 aliphatic carbocycles. The number of allylic oxidation sites excluding steroid dienone is 1. The van der Waals surface area contributed by atoms with Gasteiger partial charge in [0.2, 0.25) is 0 Å². The van der Waals surface area contributed by atoms with Crippen molar-refractivity contribution in [2.75, 3.05) is 13.8 Å². The minimum atomic E-state index is -0.746. The van der Waals surface area contributed by atoms with E-state index in [4.69, 9.17) is 4.74 Å². The van der Waals surface area contributed by atoms with E-state index in [1.54, 1.807) is 6.07 Å². The van der Waals surface area contributed by atoms with Gasteiger partial charge in [0.05, 0.1) is 30.8 Å². The summed E-state index contributed by atoms with van der Waals surface area (Å²) in [6.45, 7) is 7.06. The number of carbonyl (C=O) groups is 1. The highest BCUT2D eigenvalue weighted by atomic mass is 16.5. The third kappa shape index (κ3) is 5.21. The van der Waals surface area contributed by atoms with Gasteiger partial charge in [-0.3, -0.25) is 0 Å². The summed E-state index contributed by atoms with van der Waals surface area (Å²) in [5.74, 6) is -0.409. The Morgan fingerprint density at radius 1 is 0.829 bits per heavy atom. The molecule has 4 aromatic carbocycles. The van der Waals surface area contributed by atoms with Gasteiger partial charge in [0.25, 0.3) is 0 Å². The molecule has 5 rings (SSSR count). The van der Waals surface area contributed by atoms with Crippen molar-refractivity contribution in [2.45, 2.75) is 38.3 Å². The van der Waals surface area contributed by atoms with E-state index in [-0.39, 0.29) is 0 Å². The second-order valence-corrected chi connectivity index (χ2v) is 11.0. The minimum Gasteiger partial charge on any atom is -0.465 e. The number of esters is 1. The van der Waals surface area contributed by atoms with Crippen molar-refractivity contribution in [2.24, 2.45) is 0 Å². The standard InChI is InChI=1S/C36H35N3O2/c1-27-23-39(26-38(27)24-28-20-29(34(40)41-4)22-33(21-28)35(2,3)25-37)36(30-14-8-5-9-15-30,31-16-10-6-11-17-31)32-18-12-7-13-19-32/h5-23H,24,26H2,1-4H3. The lowest BCUT2D eigenvalue weighted by Crippen LogP contribution is -2.46. The Balaban J connectivity index is 1.59. The van der Waals surface area contributed by atoms with E-state index in [2.05, 4.69) is 120 Å². The van der Waals surface area contributed by atoms with Crippen LogP contribution in [0, 0.1) is 11.3 Å². The van der Waals surface area contributed by atoms with Gasteiger partial charge in [0.15, 0.2) is 0 Å². The average molecular weight is 542 g/mol. The van der Waals surface area contributed by atoms with Crippen LogP contribution in [0.4, 0.5) is 0 Å². The summed E-state index contributed by atoms with van der Waals surface area (Å²) in [6.07, 6.45) is 2.23. The van der Waals surface area contributed by atoms with Gasteiger partial charge < -0.3 is 14.5 Å². The molecule has 0 fully saturated rings. The number of benzene rings is 4. The normalized spacial score (nSPS) is 13.5. The monoisotopic (exact) mass is 541 g/mol. The van der Waals surface area contributed by atoms with Crippen molar-refractivity contribution >= 4 is 5.97 Å². The maximum atomic E-state index is 12.6. The molecule has 0 saturated carbocycles. The van der Waals surface area contributed by atoms with Crippen LogP contribution in [0.5, 0.6) is 0 Å². The van der Waals surface area contributed by atoms with Gasteiger partial charge in [-0.15, -0.1) is 0 Å². The average Bonchev–Trinajstić information content (AvgIpc) is 3.38. The molecule has 0 aromatic heterocycles. The van der Waals surface area contributed by atoms with Crippen LogP contribution in [-0.2, 0) is 22.2 Å². The zero-order chi connectivity index (χ0) is 29.0. The predicted octanol–water partition coefficient (Wildman–Crippen LogP) is 7.20. The van der Waals surface area contributed by atoms with Crippen LogP contribution in [0.1, 0.15) is 58.9 Å². The zero-order valence-corrected chi connectivity index (χ0v) is 24.0. The van der Waals surface area contributed by atoms with Gasteiger partial charge in [0, 0.05) is 18.4 Å². The first kappa shape index (κ1) is 27.7. The molecule has 206 valence electrons. The molecule has 1 heterocycles. The summed E-state index contributed by atoms with van der Waals surface area (Å²) >= 11 is 0. The number of ether oxygens (including phenoxy) is 1. The highest BCUT2D eigenvalue weighted by Gasteiger charge is 2.43.